The summed E-state index contributed by atoms with van der Waals surface area (Å²) in [5, 5.41) is 0.120. The van der Waals surface area contributed by atoms with Crippen LogP contribution in [0.25, 0.3) is 0 Å². The van der Waals surface area contributed by atoms with Crippen LogP contribution < -0.4 is 0 Å². The van der Waals surface area contributed by atoms with Crippen molar-refractivity contribution in [1.82, 2.24) is 0 Å². The summed E-state index contributed by atoms with van der Waals surface area (Å²) in [7, 11) is 0. The van der Waals surface area contributed by atoms with Crippen molar-refractivity contribution in [2.45, 2.75) is 18.8 Å². The lowest BCUT2D eigenvalue weighted by molar-refractivity contribution is -0.153. The lowest BCUT2D eigenvalue weighted by atomic mass is 9.81. The van der Waals surface area contributed by atoms with E-state index >= 15 is 0 Å². The molecule has 1 atom stereocenters. The molecule has 0 bridgehead atoms. The Labute approximate surface area is 96.2 Å². The molecule has 1 unspecified atom stereocenters. The average molecular weight is 243 g/mol. The first-order valence-corrected chi connectivity index (χ1v) is 5.02. The number of rotatable bonds is 1. The standard InChI is InChI=1S/C11H8ClFO3/c1-11(5-9(14)16-10(11)15)7-3-2-6(13)4-8(7)12/h2-4H,5H2,1H3. The lowest BCUT2D eigenvalue weighted by Crippen LogP contribution is -2.27. The number of cyclic esters (lactones) is 2. The van der Waals surface area contributed by atoms with E-state index in [0.717, 1.165) is 6.07 Å². The molecule has 0 saturated carbocycles. The van der Waals surface area contributed by atoms with Gasteiger partial charge in [0.2, 0.25) is 0 Å². The van der Waals surface area contributed by atoms with Crippen LogP contribution in [0, 0.1) is 5.82 Å². The van der Waals surface area contributed by atoms with Gasteiger partial charge in [-0.1, -0.05) is 17.7 Å². The minimum Gasteiger partial charge on any atom is -0.392 e. The molecule has 0 radical (unpaired) electrons. The van der Waals surface area contributed by atoms with Gasteiger partial charge in [-0.15, -0.1) is 0 Å². The van der Waals surface area contributed by atoms with E-state index in [0.29, 0.717) is 5.56 Å². The zero-order valence-electron chi connectivity index (χ0n) is 8.42. The minimum atomic E-state index is -1.11. The maximum absolute atomic E-state index is 12.9. The summed E-state index contributed by atoms with van der Waals surface area (Å²) >= 11 is 5.85. The summed E-state index contributed by atoms with van der Waals surface area (Å²) in [6.45, 7) is 1.55. The Hall–Kier alpha value is -1.42. The number of benzene rings is 1. The molecule has 16 heavy (non-hydrogen) atoms. The first-order chi connectivity index (χ1) is 7.43. The van der Waals surface area contributed by atoms with E-state index in [1.165, 1.54) is 12.1 Å². The van der Waals surface area contributed by atoms with Crippen LogP contribution >= 0.6 is 11.6 Å². The van der Waals surface area contributed by atoms with Gasteiger partial charge in [0.25, 0.3) is 0 Å². The molecule has 1 aliphatic rings. The summed E-state index contributed by atoms with van der Waals surface area (Å²) in [5.74, 6) is -1.73. The number of hydrogen-bond acceptors (Lipinski definition) is 3. The second kappa shape index (κ2) is 3.56. The zero-order chi connectivity index (χ0) is 11.9. The van der Waals surface area contributed by atoms with Crippen LogP contribution in [0.4, 0.5) is 4.39 Å². The predicted molar refractivity (Wildman–Crippen MR) is 54.5 cm³/mol. The molecule has 0 aliphatic carbocycles. The van der Waals surface area contributed by atoms with Crippen molar-refractivity contribution in [3.63, 3.8) is 0 Å². The molecule has 0 spiro atoms. The van der Waals surface area contributed by atoms with Crippen molar-refractivity contribution in [1.29, 1.82) is 0 Å². The molecule has 1 heterocycles. The van der Waals surface area contributed by atoms with Crippen LogP contribution in [-0.2, 0) is 19.7 Å². The van der Waals surface area contributed by atoms with Gasteiger partial charge in [-0.2, -0.15) is 0 Å². The summed E-state index contributed by atoms with van der Waals surface area (Å²) in [6, 6.07) is 3.71. The third kappa shape index (κ3) is 1.59. The number of carbonyl (C=O) groups is 2. The maximum atomic E-state index is 12.9. The van der Waals surface area contributed by atoms with Crippen LogP contribution in [0.15, 0.2) is 18.2 Å². The Morgan fingerprint density at radius 3 is 2.62 bits per heavy atom. The fraction of sp³-hybridized carbons (Fsp3) is 0.273. The quantitative estimate of drug-likeness (QED) is 0.560. The first-order valence-electron chi connectivity index (χ1n) is 4.64. The van der Waals surface area contributed by atoms with Crippen LogP contribution in [0.5, 0.6) is 0 Å². The topological polar surface area (TPSA) is 43.4 Å². The zero-order valence-corrected chi connectivity index (χ0v) is 9.18. The summed E-state index contributed by atoms with van der Waals surface area (Å²) in [6.07, 6.45) is -0.0722. The van der Waals surface area contributed by atoms with Crippen molar-refractivity contribution in [3.05, 3.63) is 34.6 Å². The Balaban J connectivity index is 2.51. The number of carbonyl (C=O) groups excluding carboxylic acids is 2. The Morgan fingerprint density at radius 2 is 2.12 bits per heavy atom. The molecule has 0 aromatic heterocycles. The van der Waals surface area contributed by atoms with Gasteiger partial charge in [-0.3, -0.25) is 9.59 Å². The van der Waals surface area contributed by atoms with E-state index in [4.69, 9.17) is 11.6 Å². The van der Waals surface area contributed by atoms with E-state index in [1.54, 1.807) is 6.92 Å². The van der Waals surface area contributed by atoms with Gasteiger partial charge in [-0.05, 0) is 24.6 Å². The van der Waals surface area contributed by atoms with Gasteiger partial charge < -0.3 is 4.74 Å². The second-order valence-electron chi connectivity index (χ2n) is 3.89. The molecule has 1 fully saturated rings. The van der Waals surface area contributed by atoms with Gasteiger partial charge in [0, 0.05) is 5.02 Å². The number of halogens is 2. The Bertz CT molecular complexity index is 486. The highest BCUT2D eigenvalue weighted by molar-refractivity contribution is 6.32. The van der Waals surface area contributed by atoms with Crippen molar-refractivity contribution in [2.24, 2.45) is 0 Å². The molecule has 1 aromatic rings. The Kier molecular flexibility index (Phi) is 2.46. The van der Waals surface area contributed by atoms with Gasteiger partial charge in [0.05, 0.1) is 6.42 Å². The van der Waals surface area contributed by atoms with Crippen molar-refractivity contribution < 1.29 is 18.7 Å². The van der Waals surface area contributed by atoms with Gasteiger partial charge in [0.15, 0.2) is 0 Å². The number of hydrogen-bond donors (Lipinski definition) is 0. The third-order valence-corrected chi connectivity index (χ3v) is 2.99. The van der Waals surface area contributed by atoms with Crippen molar-refractivity contribution in [3.8, 4) is 0 Å². The molecule has 5 heteroatoms. The molecule has 1 aromatic carbocycles. The summed E-state index contributed by atoms with van der Waals surface area (Å²) in [4.78, 5) is 22.6. The molecular formula is C11H8ClFO3. The van der Waals surface area contributed by atoms with E-state index in [9.17, 15) is 14.0 Å². The number of esters is 2. The molecule has 3 nitrogen and oxygen atoms in total. The van der Waals surface area contributed by atoms with Gasteiger partial charge >= 0.3 is 11.9 Å². The smallest absolute Gasteiger partial charge is 0.324 e. The van der Waals surface area contributed by atoms with E-state index in [2.05, 4.69) is 4.74 Å². The van der Waals surface area contributed by atoms with E-state index < -0.39 is 23.2 Å². The van der Waals surface area contributed by atoms with Crippen LogP contribution in [0.1, 0.15) is 18.9 Å². The van der Waals surface area contributed by atoms with Crippen LogP contribution in [0.3, 0.4) is 0 Å². The average Bonchev–Trinajstić information content (AvgIpc) is 2.40. The third-order valence-electron chi connectivity index (χ3n) is 2.68. The van der Waals surface area contributed by atoms with E-state index in [1.807, 2.05) is 0 Å². The highest BCUT2D eigenvalue weighted by Crippen LogP contribution is 2.38. The van der Waals surface area contributed by atoms with Gasteiger partial charge in [-0.25, -0.2) is 4.39 Å². The lowest BCUT2D eigenvalue weighted by Gasteiger charge is -2.19. The Morgan fingerprint density at radius 1 is 1.44 bits per heavy atom. The predicted octanol–water partition coefficient (Wildman–Crippen LogP) is 2.21. The van der Waals surface area contributed by atoms with Crippen molar-refractivity contribution in [2.75, 3.05) is 0 Å². The summed E-state index contributed by atoms with van der Waals surface area (Å²) < 4.78 is 17.4. The maximum Gasteiger partial charge on any atom is 0.324 e. The van der Waals surface area contributed by atoms with E-state index in [-0.39, 0.29) is 11.4 Å². The molecule has 1 aliphatic heterocycles. The van der Waals surface area contributed by atoms with Crippen LogP contribution in [0.2, 0.25) is 5.02 Å². The minimum absolute atomic E-state index is 0.0722. The highest BCUT2D eigenvalue weighted by Gasteiger charge is 2.47. The van der Waals surface area contributed by atoms with Gasteiger partial charge in [0.1, 0.15) is 11.2 Å². The number of ether oxygens (including phenoxy) is 1. The molecule has 1 saturated heterocycles. The van der Waals surface area contributed by atoms with Crippen molar-refractivity contribution >= 4 is 23.5 Å². The SMILES string of the molecule is CC1(c2ccc(F)cc2Cl)CC(=O)OC1=O. The molecule has 2 rings (SSSR count). The fourth-order valence-electron chi connectivity index (χ4n) is 1.76. The first kappa shape index (κ1) is 11.1. The molecule has 0 N–H and O–H groups in total. The fourth-order valence-corrected chi connectivity index (χ4v) is 2.13. The normalized spacial score (nSPS) is 24.7. The largest absolute Gasteiger partial charge is 0.392 e. The highest BCUT2D eigenvalue weighted by atomic mass is 35.5. The molecular weight excluding hydrogens is 235 g/mol. The summed E-state index contributed by atoms with van der Waals surface area (Å²) in [5.41, 5.74) is -0.701. The monoisotopic (exact) mass is 242 g/mol. The molecule has 0 amide bonds. The second-order valence-corrected chi connectivity index (χ2v) is 4.30. The molecule has 84 valence electrons. The van der Waals surface area contributed by atoms with Crippen LogP contribution in [-0.4, -0.2) is 11.9 Å².